The number of furan rings is 1. The van der Waals surface area contributed by atoms with Crippen LogP contribution in [-0.4, -0.2) is 40.8 Å². The maximum atomic E-state index is 12.6. The predicted molar refractivity (Wildman–Crippen MR) is 59.2 cm³/mol. The summed E-state index contributed by atoms with van der Waals surface area (Å²) in [7, 11) is 0. The van der Waals surface area contributed by atoms with E-state index in [-0.39, 0.29) is 13.0 Å². The van der Waals surface area contributed by atoms with E-state index in [2.05, 4.69) is 0 Å². The Balaban J connectivity index is 1.88. The Morgan fingerprint density at radius 1 is 1.53 bits per heavy atom. The number of likely N-dealkylation sites (tertiary alicyclic amines) is 1. The van der Waals surface area contributed by atoms with Gasteiger partial charge in [-0.25, -0.2) is 0 Å². The van der Waals surface area contributed by atoms with Crippen LogP contribution in [0, 0.1) is 0 Å². The number of aliphatic hydroxyl groups is 1. The molecule has 0 aliphatic carbocycles. The van der Waals surface area contributed by atoms with E-state index in [1.807, 2.05) is 0 Å². The van der Waals surface area contributed by atoms with E-state index in [0.717, 1.165) is 4.90 Å². The van der Waals surface area contributed by atoms with Crippen molar-refractivity contribution >= 4 is 5.91 Å². The van der Waals surface area contributed by atoms with Crippen molar-refractivity contribution in [2.45, 2.75) is 31.0 Å². The van der Waals surface area contributed by atoms with E-state index in [9.17, 15) is 23.1 Å². The van der Waals surface area contributed by atoms with Gasteiger partial charge in [0.1, 0.15) is 5.76 Å². The lowest BCUT2D eigenvalue weighted by atomic mass is 10.0. The molecule has 2 heterocycles. The van der Waals surface area contributed by atoms with Crippen molar-refractivity contribution in [3.05, 3.63) is 24.2 Å². The molecule has 1 aromatic heterocycles. The van der Waals surface area contributed by atoms with E-state index in [1.165, 1.54) is 6.26 Å². The molecule has 1 aliphatic rings. The molecule has 106 valence electrons. The maximum Gasteiger partial charge on any atom is 0.419 e. The molecule has 0 unspecified atom stereocenters. The summed E-state index contributed by atoms with van der Waals surface area (Å²) >= 11 is 0. The highest BCUT2D eigenvalue weighted by Gasteiger charge is 2.57. The zero-order valence-electron chi connectivity index (χ0n) is 10.1. The van der Waals surface area contributed by atoms with Gasteiger partial charge in [0.25, 0.3) is 0 Å². The summed E-state index contributed by atoms with van der Waals surface area (Å²) in [6.45, 7) is -0.763. The van der Waals surface area contributed by atoms with Crippen LogP contribution in [0.3, 0.4) is 0 Å². The third-order valence-electron chi connectivity index (χ3n) is 3.29. The van der Waals surface area contributed by atoms with Gasteiger partial charge in [0.15, 0.2) is 5.60 Å². The molecule has 1 saturated heterocycles. The van der Waals surface area contributed by atoms with Crippen LogP contribution in [0.15, 0.2) is 22.8 Å². The van der Waals surface area contributed by atoms with E-state index in [4.69, 9.17) is 4.42 Å². The first-order valence-corrected chi connectivity index (χ1v) is 5.91. The predicted octanol–water partition coefficient (Wildman–Crippen LogP) is 1.74. The van der Waals surface area contributed by atoms with Gasteiger partial charge in [0.2, 0.25) is 5.91 Å². The summed E-state index contributed by atoms with van der Waals surface area (Å²) in [6.07, 6.45) is -3.29. The lowest BCUT2D eigenvalue weighted by molar-refractivity contribution is -0.253. The van der Waals surface area contributed by atoms with Crippen molar-refractivity contribution in [2.24, 2.45) is 0 Å². The van der Waals surface area contributed by atoms with Crippen molar-refractivity contribution in [2.75, 3.05) is 13.1 Å². The zero-order valence-corrected chi connectivity index (χ0v) is 10.1. The fourth-order valence-electron chi connectivity index (χ4n) is 2.08. The van der Waals surface area contributed by atoms with Crippen LogP contribution in [0.4, 0.5) is 13.2 Å². The second-order valence-corrected chi connectivity index (χ2v) is 4.67. The lowest BCUT2D eigenvalue weighted by Crippen LogP contribution is -2.48. The molecule has 0 saturated carbocycles. The van der Waals surface area contributed by atoms with Crippen LogP contribution in [0.1, 0.15) is 18.6 Å². The highest BCUT2D eigenvalue weighted by Crippen LogP contribution is 2.37. The van der Waals surface area contributed by atoms with Crippen LogP contribution in [-0.2, 0) is 11.2 Å². The number of halogens is 3. The van der Waals surface area contributed by atoms with Gasteiger partial charge in [-0.15, -0.1) is 0 Å². The van der Waals surface area contributed by atoms with E-state index in [1.54, 1.807) is 12.1 Å². The number of hydrogen-bond donors (Lipinski definition) is 1. The number of amides is 1. The smallest absolute Gasteiger partial charge is 0.419 e. The molecule has 0 aromatic carbocycles. The molecule has 1 atom stereocenters. The summed E-state index contributed by atoms with van der Waals surface area (Å²) in [4.78, 5) is 12.8. The second kappa shape index (κ2) is 4.88. The molecule has 0 bridgehead atoms. The standard InChI is InChI=1S/C12H14F3NO3/c13-12(14,15)11(18)5-6-16(8-11)10(17)4-3-9-2-1-7-19-9/h1-2,7,18H,3-6,8H2/t11-/m1/s1. The van der Waals surface area contributed by atoms with Crippen molar-refractivity contribution in [1.82, 2.24) is 4.90 Å². The van der Waals surface area contributed by atoms with Gasteiger partial charge in [-0.3, -0.25) is 4.79 Å². The highest BCUT2D eigenvalue weighted by atomic mass is 19.4. The Labute approximate surface area is 107 Å². The number of carbonyl (C=O) groups is 1. The fraction of sp³-hybridized carbons (Fsp3) is 0.583. The maximum absolute atomic E-state index is 12.6. The molecule has 19 heavy (non-hydrogen) atoms. The Hall–Kier alpha value is -1.50. The molecule has 1 fully saturated rings. The summed E-state index contributed by atoms with van der Waals surface area (Å²) in [5.41, 5.74) is -2.77. The van der Waals surface area contributed by atoms with Crippen molar-refractivity contribution in [1.29, 1.82) is 0 Å². The topological polar surface area (TPSA) is 53.7 Å². The Morgan fingerprint density at radius 3 is 2.79 bits per heavy atom. The minimum absolute atomic E-state index is 0.0709. The number of aryl methyl sites for hydroxylation is 1. The molecule has 1 aliphatic heterocycles. The third kappa shape index (κ3) is 2.91. The third-order valence-corrected chi connectivity index (χ3v) is 3.29. The number of hydrogen-bond acceptors (Lipinski definition) is 3. The van der Waals surface area contributed by atoms with Crippen molar-refractivity contribution < 1.29 is 27.5 Å². The Morgan fingerprint density at radius 2 is 2.26 bits per heavy atom. The van der Waals surface area contributed by atoms with Crippen LogP contribution < -0.4 is 0 Å². The molecule has 0 spiro atoms. The molecule has 1 amide bonds. The van der Waals surface area contributed by atoms with E-state index in [0.29, 0.717) is 12.2 Å². The zero-order chi connectivity index (χ0) is 14.1. The number of nitrogens with zero attached hydrogens (tertiary/aromatic N) is 1. The van der Waals surface area contributed by atoms with E-state index >= 15 is 0 Å². The fourth-order valence-corrected chi connectivity index (χ4v) is 2.08. The van der Waals surface area contributed by atoms with Crippen LogP contribution in [0.5, 0.6) is 0 Å². The van der Waals surface area contributed by atoms with E-state index < -0.39 is 30.7 Å². The molecular formula is C12H14F3NO3. The van der Waals surface area contributed by atoms with Crippen LogP contribution in [0.2, 0.25) is 0 Å². The summed E-state index contributed by atoms with van der Waals surface area (Å²) < 4.78 is 42.8. The highest BCUT2D eigenvalue weighted by molar-refractivity contribution is 5.76. The monoisotopic (exact) mass is 277 g/mol. The largest absolute Gasteiger partial charge is 0.469 e. The van der Waals surface area contributed by atoms with Gasteiger partial charge < -0.3 is 14.4 Å². The molecular weight excluding hydrogens is 263 g/mol. The molecule has 0 radical (unpaired) electrons. The first-order valence-electron chi connectivity index (χ1n) is 5.91. The molecule has 7 heteroatoms. The molecule has 4 nitrogen and oxygen atoms in total. The normalized spacial score (nSPS) is 23.9. The molecule has 2 rings (SSSR count). The SMILES string of the molecule is O=C(CCc1ccco1)N1CC[C@](O)(C(F)(F)F)C1. The Kier molecular flexibility index (Phi) is 3.58. The molecule has 1 aromatic rings. The average molecular weight is 277 g/mol. The number of alkyl halides is 3. The van der Waals surface area contributed by atoms with Crippen LogP contribution in [0.25, 0.3) is 0 Å². The van der Waals surface area contributed by atoms with Gasteiger partial charge >= 0.3 is 6.18 Å². The van der Waals surface area contributed by atoms with Gasteiger partial charge in [0, 0.05) is 25.8 Å². The lowest BCUT2D eigenvalue weighted by Gasteiger charge is -2.25. The summed E-state index contributed by atoms with van der Waals surface area (Å²) in [5.74, 6) is 0.204. The minimum Gasteiger partial charge on any atom is -0.469 e. The van der Waals surface area contributed by atoms with Gasteiger partial charge in [-0.05, 0) is 12.1 Å². The Bertz CT molecular complexity index is 444. The quantitative estimate of drug-likeness (QED) is 0.915. The van der Waals surface area contributed by atoms with Crippen molar-refractivity contribution in [3.63, 3.8) is 0 Å². The van der Waals surface area contributed by atoms with Crippen LogP contribution >= 0.6 is 0 Å². The minimum atomic E-state index is -4.71. The van der Waals surface area contributed by atoms with Gasteiger partial charge in [0.05, 0.1) is 12.8 Å². The number of carbonyl (C=O) groups excluding carboxylic acids is 1. The first-order chi connectivity index (χ1) is 8.82. The molecule has 1 N–H and O–H groups in total. The van der Waals surface area contributed by atoms with Crippen molar-refractivity contribution in [3.8, 4) is 0 Å². The van der Waals surface area contributed by atoms with Gasteiger partial charge in [-0.2, -0.15) is 13.2 Å². The van der Waals surface area contributed by atoms with Gasteiger partial charge in [-0.1, -0.05) is 0 Å². The average Bonchev–Trinajstić information content (AvgIpc) is 2.94. The second-order valence-electron chi connectivity index (χ2n) is 4.67. The summed E-state index contributed by atoms with van der Waals surface area (Å²) in [5, 5.41) is 9.46. The number of rotatable bonds is 3. The number of β-amino-alcohol motifs (C(OH)–C–C–N with tert-alkyl or cyclic N) is 1. The summed E-state index contributed by atoms with van der Waals surface area (Å²) in [6, 6.07) is 3.38. The first kappa shape index (κ1) is 13.9.